The van der Waals surface area contributed by atoms with Crippen LogP contribution in [-0.2, 0) is 20.9 Å². The number of piperazine rings is 1. The highest BCUT2D eigenvalue weighted by molar-refractivity contribution is 6.21. The van der Waals surface area contributed by atoms with Crippen molar-refractivity contribution in [2.75, 3.05) is 26.7 Å². The Kier molecular flexibility index (Phi) is 5.54. The number of fused-ring (bicyclic) bond motifs is 2. The SMILES string of the molecule is CN1CCCCN2C(=O)C3N(C=C(C(=O)O)C(=O)C3(O)NCc3ccc(F)cc3)CC12. The minimum absolute atomic E-state index is 0.0592. The van der Waals surface area contributed by atoms with Crippen LogP contribution in [0.5, 0.6) is 0 Å². The van der Waals surface area contributed by atoms with Gasteiger partial charge < -0.3 is 20.0 Å². The van der Waals surface area contributed by atoms with Crippen LogP contribution in [0.4, 0.5) is 4.39 Å². The molecule has 9 nitrogen and oxygen atoms in total. The lowest BCUT2D eigenvalue weighted by atomic mass is 9.86. The quantitative estimate of drug-likeness (QED) is 0.440. The molecule has 2 saturated heterocycles. The second-order valence-electron chi connectivity index (χ2n) is 8.22. The first-order valence-electron chi connectivity index (χ1n) is 10.2. The monoisotopic (exact) mass is 432 g/mol. The number of rotatable bonds is 4. The number of carboxylic acid groups (broad SMARTS) is 1. The van der Waals surface area contributed by atoms with Crippen LogP contribution in [0.2, 0.25) is 0 Å². The van der Waals surface area contributed by atoms with Crippen LogP contribution in [0, 0.1) is 5.82 Å². The third-order valence-corrected chi connectivity index (χ3v) is 6.24. The van der Waals surface area contributed by atoms with E-state index >= 15 is 0 Å². The van der Waals surface area contributed by atoms with Gasteiger partial charge in [0, 0.05) is 19.3 Å². The summed E-state index contributed by atoms with van der Waals surface area (Å²) in [6, 6.07) is 4.14. The first-order valence-corrected chi connectivity index (χ1v) is 10.2. The van der Waals surface area contributed by atoms with E-state index in [1.807, 2.05) is 11.9 Å². The Labute approximate surface area is 178 Å². The van der Waals surface area contributed by atoms with Crippen LogP contribution in [0.25, 0.3) is 0 Å². The van der Waals surface area contributed by atoms with Gasteiger partial charge in [-0.05, 0) is 44.1 Å². The largest absolute Gasteiger partial charge is 0.478 e. The summed E-state index contributed by atoms with van der Waals surface area (Å²) in [5.41, 5.74) is -2.47. The van der Waals surface area contributed by atoms with Crippen molar-refractivity contribution in [3.8, 4) is 0 Å². The summed E-state index contributed by atoms with van der Waals surface area (Å²) in [4.78, 5) is 43.3. The Hall–Kier alpha value is -2.82. The third-order valence-electron chi connectivity index (χ3n) is 6.24. The molecule has 4 rings (SSSR count). The summed E-state index contributed by atoms with van der Waals surface area (Å²) >= 11 is 0. The van der Waals surface area contributed by atoms with E-state index in [4.69, 9.17) is 0 Å². The summed E-state index contributed by atoms with van der Waals surface area (Å²) in [5, 5.41) is 23.7. The fourth-order valence-corrected chi connectivity index (χ4v) is 4.54. The first-order chi connectivity index (χ1) is 14.7. The molecule has 0 bridgehead atoms. The first kappa shape index (κ1) is 21.4. The van der Waals surface area contributed by atoms with Gasteiger partial charge in [0.1, 0.15) is 17.6 Å². The predicted octanol–water partition coefficient (Wildman–Crippen LogP) is -0.280. The van der Waals surface area contributed by atoms with Gasteiger partial charge in [-0.1, -0.05) is 12.1 Å². The molecule has 166 valence electrons. The Morgan fingerprint density at radius 3 is 2.58 bits per heavy atom. The maximum absolute atomic E-state index is 13.5. The molecule has 3 aliphatic rings. The second kappa shape index (κ2) is 8.03. The van der Waals surface area contributed by atoms with Crippen molar-refractivity contribution < 1.29 is 29.0 Å². The summed E-state index contributed by atoms with van der Waals surface area (Å²) in [6.45, 7) is 1.48. The molecule has 3 unspecified atom stereocenters. The number of carbonyl (C=O) groups is 3. The Morgan fingerprint density at radius 1 is 1.23 bits per heavy atom. The standard InChI is InChI=1S/C21H25FN4O5/c1-24-8-2-3-9-26-16(24)12-25-11-15(20(29)30)18(27)21(31,17(25)19(26)28)23-10-13-4-6-14(22)7-5-13/h4-7,11,16-17,23,31H,2-3,8-10,12H2,1H3,(H,29,30). The number of carbonyl (C=O) groups excluding carboxylic acids is 2. The van der Waals surface area contributed by atoms with Gasteiger partial charge in [0.05, 0.1) is 6.54 Å². The maximum atomic E-state index is 13.5. The van der Waals surface area contributed by atoms with E-state index in [-0.39, 0.29) is 19.3 Å². The molecule has 10 heteroatoms. The van der Waals surface area contributed by atoms with Crippen LogP contribution in [0.15, 0.2) is 36.0 Å². The van der Waals surface area contributed by atoms with Crippen LogP contribution >= 0.6 is 0 Å². The molecule has 1 amide bonds. The zero-order chi connectivity index (χ0) is 22.3. The van der Waals surface area contributed by atoms with Gasteiger partial charge in [0.25, 0.3) is 5.91 Å². The number of nitrogens with zero attached hydrogens (tertiary/aromatic N) is 3. The van der Waals surface area contributed by atoms with E-state index < -0.39 is 40.8 Å². The summed E-state index contributed by atoms with van der Waals surface area (Å²) in [5.74, 6) is -3.42. The molecule has 3 atom stereocenters. The van der Waals surface area contributed by atoms with Crippen LogP contribution < -0.4 is 5.32 Å². The van der Waals surface area contributed by atoms with E-state index in [2.05, 4.69) is 5.32 Å². The van der Waals surface area contributed by atoms with Crippen LogP contribution in [0.3, 0.4) is 0 Å². The summed E-state index contributed by atoms with van der Waals surface area (Å²) in [7, 11) is 1.90. The van der Waals surface area contributed by atoms with Gasteiger partial charge in [-0.25, -0.2) is 9.18 Å². The van der Waals surface area contributed by atoms with E-state index in [1.54, 1.807) is 4.90 Å². The van der Waals surface area contributed by atoms with E-state index in [0.29, 0.717) is 12.1 Å². The van der Waals surface area contributed by atoms with Crippen molar-refractivity contribution in [3.63, 3.8) is 0 Å². The Morgan fingerprint density at radius 2 is 1.90 bits per heavy atom. The highest BCUT2D eigenvalue weighted by Gasteiger charge is 2.59. The van der Waals surface area contributed by atoms with Crippen LogP contribution in [0.1, 0.15) is 18.4 Å². The average Bonchev–Trinajstić information content (AvgIpc) is 2.92. The molecular formula is C21H25FN4O5. The molecule has 1 aromatic carbocycles. The van der Waals surface area contributed by atoms with Crippen molar-refractivity contribution in [1.29, 1.82) is 0 Å². The molecule has 0 saturated carbocycles. The minimum Gasteiger partial charge on any atom is -0.478 e. The van der Waals surface area contributed by atoms with Gasteiger partial charge >= 0.3 is 5.97 Å². The predicted molar refractivity (Wildman–Crippen MR) is 107 cm³/mol. The summed E-state index contributed by atoms with van der Waals surface area (Å²) < 4.78 is 13.2. The number of nitrogens with one attached hydrogen (secondary N) is 1. The van der Waals surface area contributed by atoms with Crippen molar-refractivity contribution in [1.82, 2.24) is 20.0 Å². The molecule has 0 aliphatic carbocycles. The number of Topliss-reactive ketones (excluding diaryl/α,β-unsaturated/α-hetero) is 1. The van der Waals surface area contributed by atoms with Gasteiger partial charge in [0.2, 0.25) is 11.5 Å². The van der Waals surface area contributed by atoms with Crippen molar-refractivity contribution >= 4 is 17.7 Å². The van der Waals surface area contributed by atoms with Gasteiger partial charge in [0.15, 0.2) is 6.04 Å². The minimum atomic E-state index is -2.44. The second-order valence-corrected chi connectivity index (χ2v) is 8.22. The number of aliphatic carboxylic acids is 1. The fraction of sp³-hybridized carbons (Fsp3) is 0.476. The number of benzene rings is 1. The fourth-order valence-electron chi connectivity index (χ4n) is 4.54. The molecule has 0 aromatic heterocycles. The highest BCUT2D eigenvalue weighted by atomic mass is 19.1. The normalized spacial score (nSPS) is 29.2. The topological polar surface area (TPSA) is 113 Å². The number of aliphatic hydroxyl groups is 1. The smallest absolute Gasteiger partial charge is 0.341 e. The molecule has 3 N–H and O–H groups in total. The molecule has 2 fully saturated rings. The molecular weight excluding hydrogens is 407 g/mol. The molecule has 3 heterocycles. The van der Waals surface area contributed by atoms with Crippen molar-refractivity contribution in [3.05, 3.63) is 47.4 Å². The number of carboxylic acids is 1. The zero-order valence-electron chi connectivity index (χ0n) is 17.1. The van der Waals surface area contributed by atoms with E-state index in [0.717, 1.165) is 25.6 Å². The number of ketones is 1. The van der Waals surface area contributed by atoms with E-state index in [9.17, 15) is 29.0 Å². The lowest BCUT2D eigenvalue weighted by molar-refractivity contribution is -0.176. The van der Waals surface area contributed by atoms with Gasteiger partial charge in [-0.15, -0.1) is 0 Å². The number of hydrogen-bond donors (Lipinski definition) is 3. The molecule has 0 spiro atoms. The van der Waals surface area contributed by atoms with Crippen molar-refractivity contribution in [2.45, 2.75) is 37.3 Å². The zero-order valence-corrected chi connectivity index (χ0v) is 17.1. The Bertz CT molecular complexity index is 936. The lowest BCUT2D eigenvalue weighted by Crippen LogP contribution is -2.76. The van der Waals surface area contributed by atoms with Gasteiger partial charge in [-0.2, -0.15) is 0 Å². The lowest BCUT2D eigenvalue weighted by Gasteiger charge is -2.52. The maximum Gasteiger partial charge on any atom is 0.341 e. The van der Waals surface area contributed by atoms with Gasteiger partial charge in [-0.3, -0.25) is 19.8 Å². The Balaban J connectivity index is 1.70. The molecule has 31 heavy (non-hydrogen) atoms. The third kappa shape index (κ3) is 3.71. The van der Waals surface area contributed by atoms with Crippen molar-refractivity contribution in [2.24, 2.45) is 0 Å². The number of likely N-dealkylation sites (N-methyl/N-ethyl adjacent to an activating group) is 1. The molecule has 1 aromatic rings. The molecule has 3 aliphatic heterocycles. The highest BCUT2D eigenvalue weighted by Crippen LogP contribution is 2.33. The number of hydrogen-bond acceptors (Lipinski definition) is 7. The number of halogens is 1. The molecule has 0 radical (unpaired) electrons. The summed E-state index contributed by atoms with van der Waals surface area (Å²) in [6.07, 6.45) is 2.58. The van der Waals surface area contributed by atoms with E-state index in [1.165, 1.54) is 29.2 Å². The van der Waals surface area contributed by atoms with Crippen LogP contribution in [-0.4, -0.2) is 87.2 Å². The average molecular weight is 432 g/mol. The number of amides is 1.